The molecule has 0 bridgehead atoms. The number of carbonyl (C=O) groups is 1. The molecule has 0 amide bonds. The highest BCUT2D eigenvalue weighted by Gasteiger charge is 2.03. The van der Waals surface area contributed by atoms with E-state index in [2.05, 4.69) is 103 Å². The van der Waals surface area contributed by atoms with Crippen molar-refractivity contribution in [1.29, 1.82) is 0 Å². The van der Waals surface area contributed by atoms with Gasteiger partial charge in [0.1, 0.15) is 17.3 Å². The van der Waals surface area contributed by atoms with Crippen molar-refractivity contribution in [3.63, 3.8) is 0 Å². The number of nitrogens with two attached hydrogens (primary N) is 1. The molecule has 2 heterocycles. The summed E-state index contributed by atoms with van der Waals surface area (Å²) in [5.74, 6) is 3.04. The van der Waals surface area contributed by atoms with Crippen molar-refractivity contribution in [2.45, 2.75) is 119 Å². The Morgan fingerprint density at radius 1 is 0.544 bits per heavy atom. The number of hydrogen-bond donors (Lipinski definition) is 3. The van der Waals surface area contributed by atoms with Gasteiger partial charge in [-0.05, 0) is 177 Å². The van der Waals surface area contributed by atoms with Gasteiger partial charge in [-0.3, -0.25) is 4.79 Å². The van der Waals surface area contributed by atoms with Crippen molar-refractivity contribution in [2.24, 2.45) is 5.73 Å². The Balaban J connectivity index is 0.000000338. The number of benzene rings is 2. The molecule has 0 unspecified atom stereocenters. The summed E-state index contributed by atoms with van der Waals surface area (Å²) in [6.07, 6.45) is 15.9. The zero-order chi connectivity index (χ0) is 41.4. The predicted octanol–water partition coefficient (Wildman–Crippen LogP) is 10.4. The van der Waals surface area contributed by atoms with E-state index in [1.807, 2.05) is 25.1 Å². The highest BCUT2D eigenvalue weighted by molar-refractivity contribution is 5.70. The molecule has 0 saturated carbocycles. The number of nitrogens with one attached hydrogen (secondary N) is 2. The van der Waals surface area contributed by atoms with Crippen LogP contribution in [0.4, 0.5) is 0 Å². The second-order valence-corrected chi connectivity index (χ2v) is 14.9. The van der Waals surface area contributed by atoms with E-state index in [1.54, 1.807) is 19.1 Å². The molecule has 0 aliphatic rings. The fraction of sp³-hybridized carbons (Fsp3) is 0.531. The van der Waals surface area contributed by atoms with Gasteiger partial charge in [0.15, 0.2) is 12.0 Å². The van der Waals surface area contributed by atoms with E-state index in [4.69, 9.17) is 14.6 Å². The number of rotatable bonds is 27. The molecule has 0 aliphatic heterocycles. The smallest absolute Gasteiger partial charge is 0.185 e. The Hall–Kier alpha value is -3.79. The lowest BCUT2D eigenvalue weighted by atomic mass is 10.1. The Bertz CT molecular complexity index is 1550. The maximum atomic E-state index is 9.93. The van der Waals surface area contributed by atoms with Crippen molar-refractivity contribution >= 4 is 12.4 Å². The van der Waals surface area contributed by atoms with E-state index in [1.165, 1.54) is 113 Å². The van der Waals surface area contributed by atoms with Gasteiger partial charge in [0, 0.05) is 19.6 Å². The van der Waals surface area contributed by atoms with Gasteiger partial charge in [0.2, 0.25) is 0 Å². The molecule has 4 rings (SSSR count). The third-order valence-corrected chi connectivity index (χ3v) is 9.53. The molecule has 316 valence electrons. The first-order chi connectivity index (χ1) is 27.8. The lowest BCUT2D eigenvalue weighted by Crippen LogP contribution is -2.27. The summed E-state index contributed by atoms with van der Waals surface area (Å²) in [6.45, 7) is 25.0. The van der Waals surface area contributed by atoms with E-state index in [0.29, 0.717) is 18.6 Å². The number of hydrogen-bond acceptors (Lipinski definition) is 8. The second-order valence-electron chi connectivity index (χ2n) is 14.9. The molecular weight excluding hydrogens is 707 g/mol. The standard InChI is InChI=1S/C25H38N2O.C18H33N3.C6H6O2/c1-4-18-27(19-5-2)20-7-6-17-26-21-24-14-12-23(13-15-24)9-8-10-25-16-11-22(3)28-25;1-3-12-21(13-4-2)14-6-5-11-20-16-18-9-7-17(15-19)8-10-18;1-5-2-3-6(4-7)8-5/h8,10-16,26H,4-7,9,17-21H2,1-3H3;7-10,20H,3-6,11-16,19H2,1-2H3;2-4H,1H3. The molecule has 0 spiro atoms. The van der Waals surface area contributed by atoms with E-state index in [0.717, 1.165) is 49.9 Å². The van der Waals surface area contributed by atoms with Crippen LogP contribution < -0.4 is 16.4 Å². The average molecular weight is 784 g/mol. The first-order valence-electron chi connectivity index (χ1n) is 21.8. The summed E-state index contributed by atoms with van der Waals surface area (Å²) in [5.41, 5.74) is 10.8. The molecule has 8 nitrogen and oxygen atoms in total. The van der Waals surface area contributed by atoms with Gasteiger partial charge >= 0.3 is 0 Å². The molecule has 4 N–H and O–H groups in total. The van der Waals surface area contributed by atoms with Crippen molar-refractivity contribution in [1.82, 2.24) is 20.4 Å². The molecule has 8 heteroatoms. The quantitative estimate of drug-likeness (QED) is 0.0406. The fourth-order valence-corrected chi connectivity index (χ4v) is 6.53. The summed E-state index contributed by atoms with van der Waals surface area (Å²) < 4.78 is 10.4. The van der Waals surface area contributed by atoms with E-state index in [9.17, 15) is 4.79 Å². The van der Waals surface area contributed by atoms with Gasteiger partial charge in [-0.1, -0.05) is 82.3 Å². The van der Waals surface area contributed by atoms with Crippen LogP contribution in [0.15, 0.2) is 87.7 Å². The maximum absolute atomic E-state index is 9.93. The summed E-state index contributed by atoms with van der Waals surface area (Å²) in [7, 11) is 0. The average Bonchev–Trinajstić information content (AvgIpc) is 3.85. The number of furan rings is 2. The van der Waals surface area contributed by atoms with Gasteiger partial charge in [0.25, 0.3) is 0 Å². The van der Waals surface area contributed by atoms with Crippen LogP contribution in [0, 0.1) is 13.8 Å². The minimum absolute atomic E-state index is 0.391. The monoisotopic (exact) mass is 784 g/mol. The van der Waals surface area contributed by atoms with Crippen LogP contribution in [-0.2, 0) is 26.1 Å². The zero-order valence-electron chi connectivity index (χ0n) is 36.5. The van der Waals surface area contributed by atoms with Crippen molar-refractivity contribution < 1.29 is 13.6 Å². The number of unbranched alkanes of at least 4 members (excludes halogenated alkanes) is 2. The molecule has 2 aromatic heterocycles. The van der Waals surface area contributed by atoms with Gasteiger partial charge in [-0.15, -0.1) is 0 Å². The van der Waals surface area contributed by atoms with Crippen LogP contribution in [0.3, 0.4) is 0 Å². The topological polar surface area (TPSA) is 99.9 Å². The largest absolute Gasteiger partial charge is 0.462 e. The van der Waals surface area contributed by atoms with Crippen molar-refractivity contribution in [3.8, 4) is 0 Å². The highest BCUT2D eigenvalue weighted by Crippen LogP contribution is 2.11. The zero-order valence-corrected chi connectivity index (χ0v) is 36.5. The van der Waals surface area contributed by atoms with Crippen LogP contribution in [0.2, 0.25) is 0 Å². The third kappa shape index (κ3) is 23.9. The van der Waals surface area contributed by atoms with E-state index in [-0.39, 0.29) is 0 Å². The Kier molecular flexibility index (Phi) is 27.9. The molecule has 4 aromatic rings. The van der Waals surface area contributed by atoms with Crippen LogP contribution in [0.1, 0.15) is 129 Å². The number of aryl methyl sites for hydroxylation is 2. The van der Waals surface area contributed by atoms with E-state index < -0.39 is 0 Å². The molecule has 0 aliphatic carbocycles. The second kappa shape index (κ2) is 32.2. The third-order valence-electron chi connectivity index (χ3n) is 9.53. The van der Waals surface area contributed by atoms with Crippen LogP contribution in [0.5, 0.6) is 0 Å². The lowest BCUT2D eigenvalue weighted by Gasteiger charge is -2.20. The maximum Gasteiger partial charge on any atom is 0.185 e. The normalized spacial score (nSPS) is 11.2. The first kappa shape index (κ1) is 49.4. The van der Waals surface area contributed by atoms with Gasteiger partial charge < -0.3 is 35.0 Å². The van der Waals surface area contributed by atoms with Crippen LogP contribution in [-0.4, -0.2) is 68.4 Å². The van der Waals surface area contributed by atoms with E-state index >= 15 is 0 Å². The predicted molar refractivity (Wildman–Crippen MR) is 242 cm³/mol. The minimum Gasteiger partial charge on any atom is -0.462 e. The molecule has 2 aromatic carbocycles. The number of aldehydes is 1. The summed E-state index contributed by atoms with van der Waals surface area (Å²) in [6, 6.07) is 24.9. The van der Waals surface area contributed by atoms with Crippen LogP contribution in [0.25, 0.3) is 6.08 Å². The molecular formula is C49H77N5O3. The molecule has 57 heavy (non-hydrogen) atoms. The van der Waals surface area contributed by atoms with Crippen LogP contribution >= 0.6 is 0 Å². The molecule has 0 radical (unpaired) electrons. The van der Waals surface area contributed by atoms with Gasteiger partial charge in [-0.25, -0.2) is 0 Å². The highest BCUT2D eigenvalue weighted by atomic mass is 16.3. The molecule has 0 atom stereocenters. The minimum atomic E-state index is 0.391. The Morgan fingerprint density at radius 3 is 1.33 bits per heavy atom. The molecule has 0 fully saturated rings. The van der Waals surface area contributed by atoms with Gasteiger partial charge in [-0.2, -0.15) is 0 Å². The summed E-state index contributed by atoms with van der Waals surface area (Å²) in [5, 5.41) is 7.11. The van der Waals surface area contributed by atoms with Gasteiger partial charge in [0.05, 0.1) is 0 Å². The fourth-order valence-electron chi connectivity index (χ4n) is 6.53. The van der Waals surface area contributed by atoms with Crippen molar-refractivity contribution in [3.05, 3.63) is 124 Å². The summed E-state index contributed by atoms with van der Waals surface area (Å²) >= 11 is 0. The first-order valence-corrected chi connectivity index (χ1v) is 21.8. The van der Waals surface area contributed by atoms with Crippen molar-refractivity contribution in [2.75, 3.05) is 52.4 Å². The SMILES string of the molecule is CCCN(CCC)CCCCNCc1ccc(CC=Cc2ccc(C)o2)cc1.CCCN(CCC)CCCCNCc1ccc(CN)cc1.Cc1ccc(C=O)o1. The molecule has 0 saturated heterocycles. The lowest BCUT2D eigenvalue weighted by molar-refractivity contribution is 0.109. The number of carbonyl (C=O) groups excluding carboxylic acids is 1. The Labute approximate surface area is 346 Å². The Morgan fingerprint density at radius 2 is 0.965 bits per heavy atom. The summed E-state index contributed by atoms with van der Waals surface area (Å²) in [4.78, 5) is 15.1. The number of allylic oxidation sites excluding steroid dienone is 1. The number of nitrogens with zero attached hydrogens (tertiary/aromatic N) is 2.